The van der Waals surface area contributed by atoms with Gasteiger partial charge < -0.3 is 15.0 Å². The fourth-order valence-electron chi connectivity index (χ4n) is 3.60. The third kappa shape index (κ3) is 2.79. The van der Waals surface area contributed by atoms with Crippen molar-refractivity contribution in [3.05, 3.63) is 42.7 Å². The fraction of sp³-hybridized carbons (Fsp3) is 0.263. The van der Waals surface area contributed by atoms with Crippen LogP contribution in [0.5, 0.6) is 11.6 Å². The minimum Gasteiger partial charge on any atom is -0.436 e. The summed E-state index contributed by atoms with van der Waals surface area (Å²) < 4.78 is 13.2. The first-order valence-corrected chi connectivity index (χ1v) is 8.98. The van der Waals surface area contributed by atoms with E-state index in [9.17, 15) is 0 Å². The second-order valence-corrected chi connectivity index (χ2v) is 6.63. The molecule has 0 amide bonds. The summed E-state index contributed by atoms with van der Waals surface area (Å²) in [5.74, 6) is 1.89. The molecule has 1 aromatic carbocycles. The zero-order valence-electron chi connectivity index (χ0n) is 14.6. The van der Waals surface area contributed by atoms with Crippen LogP contribution in [-0.2, 0) is 0 Å². The van der Waals surface area contributed by atoms with Crippen molar-refractivity contribution in [3.63, 3.8) is 0 Å². The molecule has 1 aliphatic rings. The molecule has 1 saturated carbocycles. The predicted molar refractivity (Wildman–Crippen MR) is 99.3 cm³/mol. The Kier molecular flexibility index (Phi) is 3.74. The lowest BCUT2D eigenvalue weighted by Gasteiger charge is -2.09. The summed E-state index contributed by atoms with van der Waals surface area (Å²) in [6.07, 6.45) is 6.02. The van der Waals surface area contributed by atoms with E-state index in [1.165, 1.54) is 19.2 Å². The van der Waals surface area contributed by atoms with Gasteiger partial charge in [0.25, 0.3) is 5.88 Å². The van der Waals surface area contributed by atoms with Crippen LogP contribution in [0.25, 0.3) is 22.5 Å². The molecule has 0 spiro atoms. The lowest BCUT2D eigenvalue weighted by Crippen LogP contribution is -2.07. The van der Waals surface area contributed by atoms with Gasteiger partial charge in [0.1, 0.15) is 23.6 Å². The number of nitrogens with two attached hydrogens (primary N) is 1. The average molecular weight is 362 g/mol. The van der Waals surface area contributed by atoms with Gasteiger partial charge >= 0.3 is 0 Å². The van der Waals surface area contributed by atoms with E-state index in [1.54, 1.807) is 6.07 Å². The highest BCUT2D eigenvalue weighted by Gasteiger charge is 2.26. The summed E-state index contributed by atoms with van der Waals surface area (Å²) >= 11 is 0. The van der Waals surface area contributed by atoms with E-state index < -0.39 is 0 Å². The Hall–Kier alpha value is -3.42. The molecule has 136 valence electrons. The minimum atomic E-state index is 0.318. The molecule has 3 aromatic heterocycles. The number of nitrogens with zero attached hydrogens (tertiary/aromatic N) is 5. The average Bonchev–Trinajstić information content (AvgIpc) is 3.42. The van der Waals surface area contributed by atoms with Gasteiger partial charge in [0.2, 0.25) is 0 Å². The molecule has 27 heavy (non-hydrogen) atoms. The van der Waals surface area contributed by atoms with Gasteiger partial charge in [-0.15, -0.1) is 0 Å². The Morgan fingerprint density at radius 3 is 2.74 bits per heavy atom. The standard InChI is InChI=1S/C19H18N6O2/c20-18-16-17(14-10-15(24-27-14)26-13-8-2-1-3-9-13)23-25(12-6-4-5-7-12)19(16)22-11-21-18/h1-3,8-12H,4-7H2,(H2,20,21,22). The second-order valence-electron chi connectivity index (χ2n) is 6.63. The number of benzene rings is 1. The Morgan fingerprint density at radius 1 is 1.11 bits per heavy atom. The molecule has 0 bridgehead atoms. The number of anilines is 1. The molecule has 4 aromatic rings. The monoisotopic (exact) mass is 362 g/mol. The highest BCUT2D eigenvalue weighted by molar-refractivity contribution is 5.97. The molecule has 0 radical (unpaired) electrons. The van der Waals surface area contributed by atoms with E-state index >= 15 is 0 Å². The Labute approximate surface area is 155 Å². The highest BCUT2D eigenvalue weighted by atomic mass is 16.5. The summed E-state index contributed by atoms with van der Waals surface area (Å²) in [4.78, 5) is 8.55. The van der Waals surface area contributed by atoms with Crippen LogP contribution in [0.15, 0.2) is 47.2 Å². The van der Waals surface area contributed by atoms with E-state index in [2.05, 4.69) is 15.1 Å². The fourth-order valence-corrected chi connectivity index (χ4v) is 3.60. The van der Waals surface area contributed by atoms with Gasteiger partial charge in [0.15, 0.2) is 11.4 Å². The van der Waals surface area contributed by atoms with Crippen LogP contribution in [0.3, 0.4) is 0 Å². The third-order valence-electron chi connectivity index (χ3n) is 4.88. The van der Waals surface area contributed by atoms with E-state index in [-0.39, 0.29) is 0 Å². The number of para-hydroxylation sites is 1. The van der Waals surface area contributed by atoms with Gasteiger partial charge in [-0.05, 0) is 30.1 Å². The molecule has 3 heterocycles. The smallest absolute Gasteiger partial charge is 0.260 e. The SMILES string of the molecule is Nc1ncnc2c1c(-c1cc(Oc3ccccc3)no1)nn2C1CCCC1. The number of aromatic nitrogens is 5. The van der Waals surface area contributed by atoms with E-state index in [4.69, 9.17) is 20.1 Å². The normalized spacial score (nSPS) is 14.8. The van der Waals surface area contributed by atoms with Crippen molar-refractivity contribution in [3.8, 4) is 23.1 Å². The topological polar surface area (TPSA) is 105 Å². The first kappa shape index (κ1) is 15.8. The van der Waals surface area contributed by atoms with Gasteiger partial charge in [-0.3, -0.25) is 0 Å². The quantitative estimate of drug-likeness (QED) is 0.585. The maximum absolute atomic E-state index is 6.14. The van der Waals surface area contributed by atoms with Crippen molar-refractivity contribution < 1.29 is 9.26 Å². The van der Waals surface area contributed by atoms with E-state index in [0.717, 1.165) is 18.5 Å². The van der Waals surface area contributed by atoms with Crippen molar-refractivity contribution in [2.45, 2.75) is 31.7 Å². The first-order chi connectivity index (χ1) is 13.3. The van der Waals surface area contributed by atoms with Crippen molar-refractivity contribution in [1.29, 1.82) is 0 Å². The molecular formula is C19H18N6O2. The molecule has 1 aliphatic carbocycles. The summed E-state index contributed by atoms with van der Waals surface area (Å²) in [6.45, 7) is 0. The van der Waals surface area contributed by atoms with Crippen molar-refractivity contribution >= 4 is 16.9 Å². The number of hydrogen-bond acceptors (Lipinski definition) is 7. The van der Waals surface area contributed by atoms with Gasteiger partial charge in [-0.2, -0.15) is 5.10 Å². The van der Waals surface area contributed by atoms with Crippen LogP contribution in [0.4, 0.5) is 5.82 Å². The summed E-state index contributed by atoms with van der Waals surface area (Å²) in [6, 6.07) is 11.4. The maximum Gasteiger partial charge on any atom is 0.260 e. The minimum absolute atomic E-state index is 0.318. The van der Waals surface area contributed by atoms with Crippen LogP contribution in [0, 0.1) is 0 Å². The van der Waals surface area contributed by atoms with Crippen LogP contribution >= 0.6 is 0 Å². The largest absolute Gasteiger partial charge is 0.436 e. The molecule has 1 fully saturated rings. The predicted octanol–water partition coefficient (Wildman–Crippen LogP) is 3.97. The molecular weight excluding hydrogens is 344 g/mol. The van der Waals surface area contributed by atoms with Gasteiger partial charge in [0, 0.05) is 0 Å². The van der Waals surface area contributed by atoms with E-state index in [0.29, 0.717) is 40.3 Å². The number of ether oxygens (including phenoxy) is 1. The van der Waals surface area contributed by atoms with Crippen LogP contribution in [0.1, 0.15) is 31.7 Å². The first-order valence-electron chi connectivity index (χ1n) is 8.98. The third-order valence-corrected chi connectivity index (χ3v) is 4.88. The Bertz CT molecular complexity index is 1080. The molecule has 8 nitrogen and oxygen atoms in total. The van der Waals surface area contributed by atoms with Crippen molar-refractivity contribution in [1.82, 2.24) is 24.9 Å². The summed E-state index contributed by atoms with van der Waals surface area (Å²) in [7, 11) is 0. The molecule has 0 saturated heterocycles. The van der Waals surface area contributed by atoms with Gasteiger partial charge in [-0.1, -0.05) is 31.0 Å². The number of nitrogen functional groups attached to an aromatic ring is 1. The lowest BCUT2D eigenvalue weighted by molar-refractivity contribution is 0.372. The van der Waals surface area contributed by atoms with E-state index in [1.807, 2.05) is 35.0 Å². The van der Waals surface area contributed by atoms with Crippen molar-refractivity contribution in [2.24, 2.45) is 0 Å². The molecule has 5 rings (SSSR count). The van der Waals surface area contributed by atoms with Crippen LogP contribution in [0.2, 0.25) is 0 Å². The Morgan fingerprint density at radius 2 is 1.93 bits per heavy atom. The summed E-state index contributed by atoms with van der Waals surface area (Å²) in [5, 5.41) is 9.46. The number of rotatable bonds is 4. The zero-order chi connectivity index (χ0) is 18.2. The summed E-state index contributed by atoms with van der Waals surface area (Å²) in [5.41, 5.74) is 7.46. The highest BCUT2D eigenvalue weighted by Crippen LogP contribution is 2.37. The molecule has 0 aliphatic heterocycles. The van der Waals surface area contributed by atoms with Gasteiger partial charge in [0.05, 0.1) is 17.5 Å². The van der Waals surface area contributed by atoms with Crippen LogP contribution in [-0.4, -0.2) is 24.9 Å². The maximum atomic E-state index is 6.14. The Balaban J connectivity index is 1.57. The molecule has 2 N–H and O–H groups in total. The van der Waals surface area contributed by atoms with Gasteiger partial charge in [-0.25, -0.2) is 14.6 Å². The number of hydrogen-bond donors (Lipinski definition) is 1. The molecule has 8 heteroatoms. The van der Waals surface area contributed by atoms with Crippen molar-refractivity contribution in [2.75, 3.05) is 5.73 Å². The lowest BCUT2D eigenvalue weighted by atomic mass is 10.2. The number of fused-ring (bicyclic) bond motifs is 1. The molecule has 0 atom stereocenters. The zero-order valence-corrected chi connectivity index (χ0v) is 14.6. The van der Waals surface area contributed by atoms with Crippen LogP contribution < -0.4 is 10.5 Å². The molecule has 0 unspecified atom stereocenters. The second kappa shape index (κ2) is 6.39.